The molecule has 0 aromatic carbocycles. The van der Waals surface area contributed by atoms with Crippen LogP contribution in [0.1, 0.15) is 84.0 Å². The molecule has 138 valence electrons. The Bertz CT molecular complexity index is 276. The fraction of sp³-hybridized carbons (Fsp3) is 0.882. The number of carboxylic acid groups (broad SMARTS) is 2. The van der Waals surface area contributed by atoms with Crippen molar-refractivity contribution in [3.05, 3.63) is 0 Å². The van der Waals surface area contributed by atoms with E-state index in [2.05, 4.69) is 6.92 Å². The van der Waals surface area contributed by atoms with Gasteiger partial charge in [-0.05, 0) is 19.4 Å². The van der Waals surface area contributed by atoms with E-state index in [1.54, 1.807) is 0 Å². The van der Waals surface area contributed by atoms with Gasteiger partial charge in [0.05, 0.1) is 0 Å². The Kier molecular flexibility index (Phi) is 19.8. The van der Waals surface area contributed by atoms with Gasteiger partial charge in [0.15, 0.2) is 0 Å². The zero-order valence-corrected chi connectivity index (χ0v) is 14.6. The van der Waals surface area contributed by atoms with Crippen LogP contribution >= 0.6 is 0 Å². The molecule has 1 atom stereocenters. The minimum absolute atomic E-state index is 0.0231. The minimum Gasteiger partial charge on any atom is -0.481 e. The third kappa shape index (κ3) is 23.3. The van der Waals surface area contributed by atoms with Crippen LogP contribution in [0.4, 0.5) is 0 Å². The standard InChI is InChI=1S/C12H27N.C5H9NO4/c1-2-3-4-5-6-7-8-9-10-11-12-13;6-3(5(9)10)1-2-4(7)8/h2-13H2,1H3;3H,1-2,6H2,(H,7,8)(H,9,10). The normalized spacial score (nSPS) is 11.4. The summed E-state index contributed by atoms with van der Waals surface area (Å²) in [4.78, 5) is 19.9. The molecule has 0 fully saturated rings. The van der Waals surface area contributed by atoms with Crippen molar-refractivity contribution in [2.75, 3.05) is 6.54 Å². The van der Waals surface area contributed by atoms with Gasteiger partial charge in [0.2, 0.25) is 0 Å². The first-order valence-corrected chi connectivity index (χ1v) is 8.85. The highest BCUT2D eigenvalue weighted by molar-refractivity contribution is 5.74. The highest BCUT2D eigenvalue weighted by atomic mass is 16.4. The second-order valence-corrected chi connectivity index (χ2v) is 5.85. The van der Waals surface area contributed by atoms with Crippen molar-refractivity contribution in [2.24, 2.45) is 11.5 Å². The summed E-state index contributed by atoms with van der Waals surface area (Å²) in [6, 6.07) is -1.06. The van der Waals surface area contributed by atoms with Gasteiger partial charge in [0, 0.05) is 6.42 Å². The van der Waals surface area contributed by atoms with Crippen LogP contribution in [0.2, 0.25) is 0 Å². The maximum atomic E-state index is 9.99. The number of carboxylic acids is 2. The molecule has 0 radical (unpaired) electrons. The van der Waals surface area contributed by atoms with Crippen molar-refractivity contribution in [2.45, 2.75) is 90.0 Å². The summed E-state index contributed by atoms with van der Waals surface area (Å²) in [7, 11) is 0. The van der Waals surface area contributed by atoms with Crippen LogP contribution in [0, 0.1) is 0 Å². The third-order valence-corrected chi connectivity index (χ3v) is 3.54. The zero-order valence-electron chi connectivity index (χ0n) is 14.6. The molecule has 6 nitrogen and oxygen atoms in total. The maximum absolute atomic E-state index is 9.99. The van der Waals surface area contributed by atoms with E-state index >= 15 is 0 Å². The van der Waals surface area contributed by atoms with Gasteiger partial charge in [-0.15, -0.1) is 0 Å². The van der Waals surface area contributed by atoms with Gasteiger partial charge in [-0.3, -0.25) is 9.59 Å². The predicted octanol–water partition coefficient (Wildman–Crippen LogP) is 3.13. The summed E-state index contributed by atoms with van der Waals surface area (Å²) in [6.07, 6.45) is 13.7. The molecule has 1 unspecified atom stereocenters. The smallest absolute Gasteiger partial charge is 0.320 e. The minimum atomic E-state index is -1.17. The van der Waals surface area contributed by atoms with Crippen molar-refractivity contribution < 1.29 is 19.8 Å². The summed E-state index contributed by atoms with van der Waals surface area (Å²) in [5, 5.41) is 16.3. The molecular formula is C17H36N2O4. The highest BCUT2D eigenvalue weighted by Crippen LogP contribution is 2.09. The summed E-state index contributed by atoms with van der Waals surface area (Å²) in [6.45, 7) is 3.14. The lowest BCUT2D eigenvalue weighted by Gasteiger charge is -2.01. The van der Waals surface area contributed by atoms with Crippen LogP contribution in [-0.2, 0) is 9.59 Å². The number of carbonyl (C=O) groups is 2. The molecule has 0 aromatic rings. The summed E-state index contributed by atoms with van der Waals surface area (Å²) < 4.78 is 0. The first-order chi connectivity index (χ1) is 11.0. The lowest BCUT2D eigenvalue weighted by atomic mass is 10.1. The van der Waals surface area contributed by atoms with E-state index in [0.29, 0.717) is 0 Å². The molecule has 0 aliphatic heterocycles. The fourth-order valence-corrected chi connectivity index (χ4v) is 2.03. The van der Waals surface area contributed by atoms with E-state index in [1.165, 1.54) is 64.2 Å². The lowest BCUT2D eigenvalue weighted by molar-refractivity contribution is -0.139. The summed E-state index contributed by atoms with van der Waals surface area (Å²) >= 11 is 0. The lowest BCUT2D eigenvalue weighted by Crippen LogP contribution is -2.30. The van der Waals surface area contributed by atoms with E-state index in [9.17, 15) is 9.59 Å². The SMILES string of the molecule is CCCCCCCCCCCCN.NC(CCC(=O)O)C(=O)O. The predicted molar refractivity (Wildman–Crippen MR) is 93.4 cm³/mol. The summed E-state index contributed by atoms with van der Waals surface area (Å²) in [5.41, 5.74) is 10.4. The van der Waals surface area contributed by atoms with E-state index in [0.717, 1.165) is 6.54 Å². The van der Waals surface area contributed by atoms with Crippen molar-refractivity contribution in [1.82, 2.24) is 0 Å². The van der Waals surface area contributed by atoms with Crippen LogP contribution in [0.25, 0.3) is 0 Å². The molecule has 0 rings (SSSR count). The first-order valence-electron chi connectivity index (χ1n) is 8.85. The molecule has 0 aromatic heterocycles. The Morgan fingerprint density at radius 1 is 0.870 bits per heavy atom. The average molecular weight is 332 g/mol. The Labute approximate surface area is 140 Å². The highest BCUT2D eigenvalue weighted by Gasteiger charge is 2.12. The van der Waals surface area contributed by atoms with Gasteiger partial charge in [0.25, 0.3) is 0 Å². The van der Waals surface area contributed by atoms with Gasteiger partial charge < -0.3 is 21.7 Å². The van der Waals surface area contributed by atoms with Gasteiger partial charge in [-0.1, -0.05) is 64.7 Å². The van der Waals surface area contributed by atoms with E-state index in [-0.39, 0.29) is 12.8 Å². The van der Waals surface area contributed by atoms with Gasteiger partial charge in [-0.2, -0.15) is 0 Å². The molecule has 0 spiro atoms. The van der Waals surface area contributed by atoms with Crippen molar-refractivity contribution in [3.8, 4) is 0 Å². The number of unbranched alkanes of at least 4 members (excludes halogenated alkanes) is 9. The van der Waals surface area contributed by atoms with E-state index in [1.807, 2.05) is 0 Å². The Morgan fingerprint density at radius 3 is 1.65 bits per heavy atom. The number of hydrogen-bond donors (Lipinski definition) is 4. The molecule has 0 aliphatic carbocycles. The molecule has 0 bridgehead atoms. The topological polar surface area (TPSA) is 127 Å². The molecule has 0 amide bonds. The molecular weight excluding hydrogens is 296 g/mol. The number of nitrogens with two attached hydrogens (primary N) is 2. The average Bonchev–Trinajstić information content (AvgIpc) is 2.51. The van der Waals surface area contributed by atoms with Crippen LogP contribution in [0.15, 0.2) is 0 Å². The molecule has 6 N–H and O–H groups in total. The third-order valence-electron chi connectivity index (χ3n) is 3.54. The van der Waals surface area contributed by atoms with Crippen LogP contribution in [-0.4, -0.2) is 34.7 Å². The maximum Gasteiger partial charge on any atom is 0.320 e. The second-order valence-electron chi connectivity index (χ2n) is 5.85. The Balaban J connectivity index is 0. The largest absolute Gasteiger partial charge is 0.481 e. The first kappa shape index (κ1) is 24.1. The van der Waals surface area contributed by atoms with Crippen molar-refractivity contribution in [3.63, 3.8) is 0 Å². The van der Waals surface area contributed by atoms with Crippen LogP contribution in [0.5, 0.6) is 0 Å². The zero-order chi connectivity index (χ0) is 17.9. The van der Waals surface area contributed by atoms with Gasteiger partial charge in [-0.25, -0.2) is 0 Å². The molecule has 6 heteroatoms. The number of rotatable bonds is 14. The molecule has 0 saturated carbocycles. The summed E-state index contributed by atoms with van der Waals surface area (Å²) in [5.74, 6) is -2.20. The van der Waals surface area contributed by atoms with E-state index < -0.39 is 18.0 Å². The Hall–Kier alpha value is -1.14. The quantitative estimate of drug-likeness (QED) is 0.362. The monoisotopic (exact) mass is 332 g/mol. The van der Waals surface area contributed by atoms with E-state index in [4.69, 9.17) is 21.7 Å². The molecule has 0 heterocycles. The number of aliphatic carboxylic acids is 2. The fourth-order valence-electron chi connectivity index (χ4n) is 2.03. The second kappa shape index (κ2) is 18.9. The van der Waals surface area contributed by atoms with Crippen molar-refractivity contribution in [1.29, 1.82) is 0 Å². The van der Waals surface area contributed by atoms with Gasteiger partial charge in [0.1, 0.15) is 6.04 Å². The van der Waals surface area contributed by atoms with Gasteiger partial charge >= 0.3 is 11.9 Å². The van der Waals surface area contributed by atoms with Crippen molar-refractivity contribution >= 4 is 11.9 Å². The number of hydrogen-bond acceptors (Lipinski definition) is 4. The molecule has 0 aliphatic rings. The molecule has 23 heavy (non-hydrogen) atoms. The molecule has 0 saturated heterocycles. The Morgan fingerprint density at radius 2 is 1.30 bits per heavy atom. The van der Waals surface area contributed by atoms with Crippen LogP contribution in [0.3, 0.4) is 0 Å². The van der Waals surface area contributed by atoms with Crippen LogP contribution < -0.4 is 11.5 Å².